The summed E-state index contributed by atoms with van der Waals surface area (Å²) in [5, 5.41) is 4.93. The number of fused-ring (bicyclic) bond motifs is 1. The van der Waals surface area contributed by atoms with E-state index in [-0.39, 0.29) is 29.1 Å². The molecule has 13 heteroatoms. The van der Waals surface area contributed by atoms with E-state index >= 15 is 0 Å². The number of hydrogen-bond donors (Lipinski definition) is 1. The van der Waals surface area contributed by atoms with Crippen LogP contribution in [0.5, 0.6) is 5.75 Å². The molecule has 1 N–H and O–H groups in total. The van der Waals surface area contributed by atoms with Crippen LogP contribution in [0, 0.1) is 35.0 Å². The van der Waals surface area contributed by atoms with Gasteiger partial charge in [0, 0.05) is 13.1 Å². The summed E-state index contributed by atoms with van der Waals surface area (Å²) < 4.78 is 74.1. The Bertz CT molecular complexity index is 1700. The summed E-state index contributed by atoms with van der Waals surface area (Å²) in [7, 11) is 0. The van der Waals surface area contributed by atoms with E-state index in [0.717, 1.165) is 44.3 Å². The lowest BCUT2D eigenvalue weighted by Gasteiger charge is -2.42. The summed E-state index contributed by atoms with van der Waals surface area (Å²) in [6.07, 6.45) is 6.58. The highest BCUT2D eigenvalue weighted by atomic mass is 19.2. The molecule has 3 heterocycles. The molecule has 1 saturated carbocycles. The molecule has 220 valence electrons. The molecule has 1 saturated heterocycles. The first kappa shape index (κ1) is 28.0. The van der Waals surface area contributed by atoms with Crippen molar-refractivity contribution in [2.45, 2.75) is 51.1 Å². The van der Waals surface area contributed by atoms with Gasteiger partial charge in [-0.3, -0.25) is 9.69 Å². The number of aromatic amines is 1. The van der Waals surface area contributed by atoms with Crippen molar-refractivity contribution in [3.05, 3.63) is 86.9 Å². The van der Waals surface area contributed by atoms with Crippen molar-refractivity contribution in [2.24, 2.45) is 5.92 Å². The monoisotopic (exact) mass is 587 g/mol. The maximum Gasteiger partial charge on any atom is 0.343 e. The van der Waals surface area contributed by atoms with Gasteiger partial charge in [0.2, 0.25) is 34.8 Å². The Kier molecular flexibility index (Phi) is 7.29. The molecule has 6 rings (SSSR count). The minimum atomic E-state index is -2.34. The van der Waals surface area contributed by atoms with Crippen molar-refractivity contribution in [3.8, 4) is 5.75 Å². The Hall–Kier alpha value is -4.13. The number of nitrogens with one attached hydrogen (secondary N) is 1. The summed E-state index contributed by atoms with van der Waals surface area (Å²) in [5.41, 5.74) is 1.17. The third-order valence-corrected chi connectivity index (χ3v) is 8.16. The minimum Gasteiger partial charge on any atom is -0.416 e. The average Bonchev–Trinajstić information content (AvgIpc) is 3.65. The van der Waals surface area contributed by atoms with Gasteiger partial charge < -0.3 is 9.72 Å². The van der Waals surface area contributed by atoms with Crippen LogP contribution in [0.4, 0.5) is 22.0 Å². The second-order valence-corrected chi connectivity index (χ2v) is 10.9. The van der Waals surface area contributed by atoms with Gasteiger partial charge in [0.15, 0.2) is 5.65 Å². The van der Waals surface area contributed by atoms with E-state index in [9.17, 15) is 31.5 Å². The van der Waals surface area contributed by atoms with Gasteiger partial charge in [0.05, 0.1) is 23.8 Å². The lowest BCUT2D eigenvalue weighted by Crippen LogP contribution is -2.49. The molecule has 2 fully saturated rings. The first-order valence-corrected chi connectivity index (χ1v) is 13.7. The number of H-pyrrole nitrogens is 1. The highest BCUT2D eigenvalue weighted by molar-refractivity contribution is 5.91. The molecule has 4 aromatic rings. The van der Waals surface area contributed by atoms with E-state index in [1.54, 1.807) is 18.3 Å². The third kappa shape index (κ3) is 4.95. The van der Waals surface area contributed by atoms with Crippen molar-refractivity contribution >= 4 is 17.0 Å². The molecule has 1 aliphatic carbocycles. The van der Waals surface area contributed by atoms with E-state index in [1.807, 2.05) is 11.6 Å². The largest absolute Gasteiger partial charge is 0.416 e. The van der Waals surface area contributed by atoms with E-state index in [2.05, 4.69) is 19.7 Å². The van der Waals surface area contributed by atoms with Gasteiger partial charge >= 0.3 is 5.97 Å². The van der Waals surface area contributed by atoms with Gasteiger partial charge in [0.1, 0.15) is 11.2 Å². The van der Waals surface area contributed by atoms with Crippen LogP contribution in [-0.2, 0) is 6.42 Å². The summed E-state index contributed by atoms with van der Waals surface area (Å²) in [4.78, 5) is 34.9. The summed E-state index contributed by atoms with van der Waals surface area (Å²) in [5.74, 6) is -13.2. The van der Waals surface area contributed by atoms with Crippen molar-refractivity contribution in [2.75, 3.05) is 13.1 Å². The lowest BCUT2D eigenvalue weighted by atomic mass is 9.90. The summed E-state index contributed by atoms with van der Waals surface area (Å²) in [6.45, 7) is 3.48. The molecule has 42 heavy (non-hydrogen) atoms. The number of aromatic nitrogens is 4. The molecule has 2 aliphatic rings. The lowest BCUT2D eigenvalue weighted by molar-refractivity contribution is 0.0563. The highest BCUT2D eigenvalue weighted by Crippen LogP contribution is 2.33. The van der Waals surface area contributed by atoms with Gasteiger partial charge in [-0.05, 0) is 49.8 Å². The predicted octanol–water partition coefficient (Wildman–Crippen LogP) is 5.38. The minimum absolute atomic E-state index is 0.117. The molecule has 0 radical (unpaired) electrons. The topological polar surface area (TPSA) is 93.1 Å². The molecule has 1 aliphatic heterocycles. The number of rotatable bonds is 7. The summed E-state index contributed by atoms with van der Waals surface area (Å²) in [6, 6.07) is 6.14. The summed E-state index contributed by atoms with van der Waals surface area (Å²) >= 11 is 0. The van der Waals surface area contributed by atoms with Crippen LogP contribution in [0.3, 0.4) is 0 Å². The highest BCUT2D eigenvalue weighted by Gasteiger charge is 2.33. The second-order valence-electron chi connectivity index (χ2n) is 10.9. The van der Waals surface area contributed by atoms with Crippen LogP contribution < -0.4 is 10.3 Å². The number of benzene rings is 2. The first-order chi connectivity index (χ1) is 20.1. The molecule has 0 amide bonds. The van der Waals surface area contributed by atoms with Crippen molar-refractivity contribution in [1.29, 1.82) is 0 Å². The average molecular weight is 588 g/mol. The number of carbonyl (C=O) groups excluding carboxylic acids is 1. The van der Waals surface area contributed by atoms with Crippen molar-refractivity contribution < 1.29 is 31.5 Å². The molecule has 0 bridgehead atoms. The Labute approximate surface area is 236 Å². The number of esters is 1. The Balaban J connectivity index is 1.07. The smallest absolute Gasteiger partial charge is 0.343 e. The van der Waals surface area contributed by atoms with Crippen LogP contribution in [0.2, 0.25) is 0 Å². The Morgan fingerprint density at radius 1 is 1.00 bits per heavy atom. The van der Waals surface area contributed by atoms with Gasteiger partial charge in [-0.25, -0.2) is 27.6 Å². The molecule has 2 aromatic heterocycles. The van der Waals surface area contributed by atoms with E-state index in [1.165, 1.54) is 12.1 Å². The molecule has 1 atom stereocenters. The van der Waals surface area contributed by atoms with Gasteiger partial charge in [-0.15, -0.1) is 0 Å². The molecular weight excluding hydrogens is 561 g/mol. The second kappa shape index (κ2) is 10.9. The Morgan fingerprint density at radius 3 is 2.26 bits per heavy atom. The number of hydrogen-bond acceptors (Lipinski definition) is 6. The molecular formula is C29H26F5N5O3. The quantitative estimate of drug-likeness (QED) is 0.103. The zero-order valence-corrected chi connectivity index (χ0v) is 22.5. The molecule has 1 unspecified atom stereocenters. The van der Waals surface area contributed by atoms with Crippen molar-refractivity contribution in [1.82, 2.24) is 24.6 Å². The van der Waals surface area contributed by atoms with Crippen LogP contribution in [0.15, 0.2) is 35.3 Å². The third-order valence-electron chi connectivity index (χ3n) is 8.16. The number of ether oxygens (including phenoxy) is 1. The van der Waals surface area contributed by atoms with E-state index < -0.39 is 40.8 Å². The fourth-order valence-electron chi connectivity index (χ4n) is 5.73. The SMILES string of the molecule is CC(c1nc2c(cnn2C2CCCC2)c(=O)[nH]1)N1CC(Cc2ccc(C(=O)Oc3c(F)c(F)c(F)c(F)c3F)cc2)C1. The van der Waals surface area contributed by atoms with Gasteiger partial charge in [-0.1, -0.05) is 25.0 Å². The number of halogens is 5. The molecule has 2 aromatic carbocycles. The maximum atomic E-state index is 13.9. The van der Waals surface area contributed by atoms with Crippen LogP contribution in [0.25, 0.3) is 11.0 Å². The zero-order valence-electron chi connectivity index (χ0n) is 22.5. The van der Waals surface area contributed by atoms with Crippen molar-refractivity contribution in [3.63, 3.8) is 0 Å². The van der Waals surface area contributed by atoms with Gasteiger partial charge in [-0.2, -0.15) is 13.9 Å². The van der Waals surface area contributed by atoms with E-state index in [0.29, 0.717) is 23.3 Å². The molecule has 8 nitrogen and oxygen atoms in total. The van der Waals surface area contributed by atoms with Crippen LogP contribution in [0.1, 0.15) is 66.4 Å². The zero-order chi connectivity index (χ0) is 29.7. The van der Waals surface area contributed by atoms with Gasteiger partial charge in [0.25, 0.3) is 5.56 Å². The fourth-order valence-corrected chi connectivity index (χ4v) is 5.73. The maximum absolute atomic E-state index is 13.9. The van der Waals surface area contributed by atoms with Crippen LogP contribution in [-0.4, -0.2) is 43.7 Å². The normalized spacial score (nSPS) is 17.1. The molecule has 0 spiro atoms. The van der Waals surface area contributed by atoms with E-state index in [4.69, 9.17) is 4.98 Å². The first-order valence-electron chi connectivity index (χ1n) is 13.7. The number of carbonyl (C=O) groups is 1. The Morgan fingerprint density at radius 2 is 1.62 bits per heavy atom. The predicted molar refractivity (Wildman–Crippen MR) is 140 cm³/mol. The fraction of sp³-hybridized carbons (Fsp3) is 0.379. The standard InChI is InChI=1S/C29H26F5N5O3/c1-14(26-36-27-19(28(40)37-26)11-35-39(27)18-4-2-3-5-18)38-12-16(13-38)10-15-6-8-17(9-7-15)29(41)42-25-23(33)21(31)20(30)22(32)24(25)34/h6-9,11,14,16,18H,2-5,10,12-13H2,1H3,(H,36,37,40). The number of nitrogens with zero attached hydrogens (tertiary/aromatic N) is 4. The van der Waals surface area contributed by atoms with Crippen LogP contribution >= 0.6 is 0 Å². The number of likely N-dealkylation sites (tertiary alicyclic amines) is 1.